The first kappa shape index (κ1) is 14.8. The quantitative estimate of drug-likeness (QED) is 0.584. The van der Waals surface area contributed by atoms with Gasteiger partial charge in [-0.1, -0.05) is 13.0 Å². The Kier molecular flexibility index (Phi) is 4.95. The van der Waals surface area contributed by atoms with Gasteiger partial charge in [-0.05, 0) is 44.4 Å². The first-order valence-electron chi connectivity index (χ1n) is 7.41. The van der Waals surface area contributed by atoms with Crippen LogP contribution in [0.2, 0.25) is 0 Å². The molecular formula is C15H23N3O2. The van der Waals surface area contributed by atoms with E-state index in [1.54, 1.807) is 6.07 Å². The number of hydrogen-bond acceptors (Lipinski definition) is 4. The van der Waals surface area contributed by atoms with Crippen molar-refractivity contribution in [3.05, 3.63) is 33.9 Å². The average Bonchev–Trinajstić information content (AvgIpc) is 3.24. The SMILES string of the molecule is CCCN(Cc1ccc(NCC)c([N+](=O)[O-])c1)C1CC1. The minimum absolute atomic E-state index is 0.177. The van der Waals surface area contributed by atoms with Gasteiger partial charge in [0.15, 0.2) is 0 Å². The number of benzene rings is 1. The molecule has 0 radical (unpaired) electrons. The third kappa shape index (κ3) is 3.70. The first-order chi connectivity index (χ1) is 9.65. The molecule has 1 N–H and O–H groups in total. The average molecular weight is 277 g/mol. The lowest BCUT2D eigenvalue weighted by Crippen LogP contribution is -2.26. The van der Waals surface area contributed by atoms with Gasteiger partial charge in [-0.15, -0.1) is 0 Å². The van der Waals surface area contributed by atoms with Crippen molar-refractivity contribution in [1.82, 2.24) is 4.90 Å². The zero-order chi connectivity index (χ0) is 14.5. The third-order valence-electron chi connectivity index (χ3n) is 3.59. The maximum absolute atomic E-state index is 11.2. The van der Waals surface area contributed by atoms with Crippen molar-refractivity contribution in [3.63, 3.8) is 0 Å². The fraction of sp³-hybridized carbons (Fsp3) is 0.600. The Hall–Kier alpha value is -1.62. The summed E-state index contributed by atoms with van der Waals surface area (Å²) in [6.45, 7) is 6.67. The van der Waals surface area contributed by atoms with Gasteiger partial charge in [0, 0.05) is 25.2 Å². The Labute approximate surface area is 120 Å². The monoisotopic (exact) mass is 277 g/mol. The molecule has 0 amide bonds. The molecule has 5 nitrogen and oxygen atoms in total. The zero-order valence-electron chi connectivity index (χ0n) is 12.3. The van der Waals surface area contributed by atoms with Crippen LogP contribution in [0.3, 0.4) is 0 Å². The molecule has 0 bridgehead atoms. The van der Waals surface area contributed by atoms with Crippen LogP contribution in [0.5, 0.6) is 0 Å². The van der Waals surface area contributed by atoms with E-state index in [1.165, 1.54) is 12.8 Å². The van der Waals surface area contributed by atoms with Gasteiger partial charge >= 0.3 is 0 Å². The van der Waals surface area contributed by atoms with Crippen LogP contribution in [0, 0.1) is 10.1 Å². The van der Waals surface area contributed by atoms with Crippen molar-refractivity contribution in [2.45, 2.75) is 45.7 Å². The summed E-state index contributed by atoms with van der Waals surface area (Å²) in [5.74, 6) is 0. The lowest BCUT2D eigenvalue weighted by atomic mass is 10.1. The van der Waals surface area contributed by atoms with Crippen LogP contribution in [0.25, 0.3) is 0 Å². The Morgan fingerprint density at radius 3 is 2.70 bits per heavy atom. The van der Waals surface area contributed by atoms with E-state index < -0.39 is 0 Å². The van der Waals surface area contributed by atoms with Gasteiger partial charge < -0.3 is 5.32 Å². The Bertz CT molecular complexity index is 472. The molecule has 5 heteroatoms. The number of anilines is 1. The molecule has 2 rings (SSSR count). The van der Waals surface area contributed by atoms with E-state index in [1.807, 2.05) is 19.1 Å². The van der Waals surface area contributed by atoms with Crippen molar-refractivity contribution >= 4 is 11.4 Å². The molecule has 0 aromatic heterocycles. The summed E-state index contributed by atoms with van der Waals surface area (Å²) in [4.78, 5) is 13.3. The number of nitrogens with zero attached hydrogens (tertiary/aromatic N) is 2. The van der Waals surface area contributed by atoms with E-state index in [4.69, 9.17) is 0 Å². The molecule has 1 aromatic carbocycles. The molecular weight excluding hydrogens is 254 g/mol. The Morgan fingerprint density at radius 2 is 2.15 bits per heavy atom. The van der Waals surface area contributed by atoms with Gasteiger partial charge in [-0.2, -0.15) is 0 Å². The topological polar surface area (TPSA) is 58.4 Å². The van der Waals surface area contributed by atoms with Crippen LogP contribution >= 0.6 is 0 Å². The summed E-state index contributed by atoms with van der Waals surface area (Å²) < 4.78 is 0. The number of nitro groups is 1. The van der Waals surface area contributed by atoms with E-state index in [-0.39, 0.29) is 10.6 Å². The summed E-state index contributed by atoms with van der Waals surface area (Å²) in [6, 6.07) is 6.22. The molecule has 0 heterocycles. The molecule has 0 saturated heterocycles. The molecule has 20 heavy (non-hydrogen) atoms. The summed E-state index contributed by atoms with van der Waals surface area (Å²) in [5.41, 5.74) is 1.81. The number of rotatable bonds is 8. The van der Waals surface area contributed by atoms with E-state index in [0.29, 0.717) is 18.3 Å². The van der Waals surface area contributed by atoms with Crippen molar-refractivity contribution in [2.24, 2.45) is 0 Å². The number of nitro benzene ring substituents is 1. The van der Waals surface area contributed by atoms with Gasteiger partial charge in [0.25, 0.3) is 5.69 Å². The molecule has 0 aliphatic heterocycles. The maximum Gasteiger partial charge on any atom is 0.292 e. The predicted molar refractivity (Wildman–Crippen MR) is 81.0 cm³/mol. The summed E-state index contributed by atoms with van der Waals surface area (Å²) in [5, 5.41) is 14.2. The van der Waals surface area contributed by atoms with Crippen molar-refractivity contribution in [1.29, 1.82) is 0 Å². The summed E-state index contributed by atoms with van der Waals surface area (Å²) in [7, 11) is 0. The smallest absolute Gasteiger partial charge is 0.292 e. The van der Waals surface area contributed by atoms with Crippen molar-refractivity contribution in [3.8, 4) is 0 Å². The minimum atomic E-state index is -0.303. The fourth-order valence-electron chi connectivity index (χ4n) is 2.52. The van der Waals surface area contributed by atoms with E-state index >= 15 is 0 Å². The van der Waals surface area contributed by atoms with Gasteiger partial charge in [0.1, 0.15) is 5.69 Å². The third-order valence-corrected chi connectivity index (χ3v) is 3.59. The molecule has 0 atom stereocenters. The minimum Gasteiger partial charge on any atom is -0.380 e. The van der Waals surface area contributed by atoms with Gasteiger partial charge in [-0.3, -0.25) is 15.0 Å². The Morgan fingerprint density at radius 1 is 1.40 bits per heavy atom. The fourth-order valence-corrected chi connectivity index (χ4v) is 2.52. The lowest BCUT2D eigenvalue weighted by molar-refractivity contribution is -0.384. The highest BCUT2D eigenvalue weighted by Gasteiger charge is 2.28. The zero-order valence-corrected chi connectivity index (χ0v) is 12.3. The molecule has 0 spiro atoms. The maximum atomic E-state index is 11.2. The largest absolute Gasteiger partial charge is 0.380 e. The van der Waals surface area contributed by atoms with Crippen LogP contribution in [0.1, 0.15) is 38.7 Å². The lowest BCUT2D eigenvalue weighted by Gasteiger charge is -2.21. The molecule has 1 fully saturated rings. The Balaban J connectivity index is 2.15. The van der Waals surface area contributed by atoms with E-state index in [9.17, 15) is 10.1 Å². The first-order valence-corrected chi connectivity index (χ1v) is 7.41. The molecule has 1 aliphatic carbocycles. The van der Waals surface area contributed by atoms with E-state index in [2.05, 4.69) is 17.1 Å². The molecule has 1 aromatic rings. The molecule has 0 unspecified atom stereocenters. The predicted octanol–water partition coefficient (Wildman–Crippen LogP) is 3.40. The second-order valence-electron chi connectivity index (χ2n) is 5.34. The van der Waals surface area contributed by atoms with Crippen LogP contribution in [0.15, 0.2) is 18.2 Å². The van der Waals surface area contributed by atoms with Crippen LogP contribution < -0.4 is 5.32 Å². The number of hydrogen-bond donors (Lipinski definition) is 1. The second-order valence-corrected chi connectivity index (χ2v) is 5.34. The highest BCUT2D eigenvalue weighted by molar-refractivity contribution is 5.62. The molecule has 110 valence electrons. The van der Waals surface area contributed by atoms with Crippen molar-refractivity contribution in [2.75, 3.05) is 18.4 Å². The van der Waals surface area contributed by atoms with Gasteiger partial charge in [0.05, 0.1) is 4.92 Å². The highest BCUT2D eigenvalue weighted by atomic mass is 16.6. The normalized spacial score (nSPS) is 14.6. The summed E-state index contributed by atoms with van der Waals surface area (Å²) in [6.07, 6.45) is 3.64. The molecule has 1 saturated carbocycles. The standard InChI is InChI=1S/C15H23N3O2/c1-3-9-17(13-6-7-13)11-12-5-8-14(16-4-2)15(10-12)18(19)20/h5,8,10,13,16H,3-4,6-7,9,11H2,1-2H3. The second kappa shape index (κ2) is 6.70. The van der Waals surface area contributed by atoms with Crippen LogP contribution in [0.4, 0.5) is 11.4 Å². The van der Waals surface area contributed by atoms with Gasteiger partial charge in [-0.25, -0.2) is 0 Å². The van der Waals surface area contributed by atoms with Crippen molar-refractivity contribution < 1.29 is 4.92 Å². The van der Waals surface area contributed by atoms with E-state index in [0.717, 1.165) is 25.1 Å². The highest BCUT2D eigenvalue weighted by Crippen LogP contribution is 2.30. The van der Waals surface area contributed by atoms with Gasteiger partial charge in [0.2, 0.25) is 0 Å². The summed E-state index contributed by atoms with van der Waals surface area (Å²) >= 11 is 0. The van der Waals surface area contributed by atoms with Crippen LogP contribution in [-0.4, -0.2) is 29.0 Å². The van der Waals surface area contributed by atoms with Crippen LogP contribution in [-0.2, 0) is 6.54 Å². The number of nitrogens with one attached hydrogen (secondary N) is 1. The molecule has 1 aliphatic rings.